The summed E-state index contributed by atoms with van der Waals surface area (Å²) in [5.41, 5.74) is 15.4. The van der Waals surface area contributed by atoms with Crippen LogP contribution >= 0.6 is 0 Å². The van der Waals surface area contributed by atoms with Crippen LogP contribution in [0.15, 0.2) is 103 Å². The third kappa shape index (κ3) is 4.61. The van der Waals surface area contributed by atoms with Crippen LogP contribution in [0.25, 0.3) is 32.9 Å². The molecule has 5 aromatic carbocycles. The van der Waals surface area contributed by atoms with Crippen molar-refractivity contribution in [1.82, 2.24) is 4.57 Å². The van der Waals surface area contributed by atoms with Gasteiger partial charge >= 0.3 is 0 Å². The van der Waals surface area contributed by atoms with Gasteiger partial charge in [-0.2, -0.15) is 0 Å². The Morgan fingerprint density at radius 2 is 1.19 bits per heavy atom. The second-order valence-electron chi connectivity index (χ2n) is 18.4. The number of nitrogens with zero attached hydrogens (tertiary/aromatic N) is 2. The molecule has 1 heterocycles. The van der Waals surface area contributed by atoms with Gasteiger partial charge in [0.1, 0.15) is 0 Å². The van der Waals surface area contributed by atoms with E-state index in [1.165, 1.54) is 137 Å². The number of hydrogen-bond acceptors (Lipinski definition) is 1. The van der Waals surface area contributed by atoms with E-state index in [9.17, 15) is 0 Å². The lowest BCUT2D eigenvalue weighted by atomic mass is 9.48. The van der Waals surface area contributed by atoms with E-state index < -0.39 is 0 Å². The molecule has 6 aliphatic rings. The minimum atomic E-state index is -0.106. The molecular formula is C50H52N2. The molecule has 0 amide bonds. The smallest absolute Gasteiger partial charge is 0.0495 e. The van der Waals surface area contributed by atoms with Crippen molar-refractivity contribution in [3.8, 4) is 11.1 Å². The topological polar surface area (TPSA) is 8.17 Å². The number of para-hydroxylation sites is 1. The molecule has 0 radical (unpaired) electrons. The van der Waals surface area contributed by atoms with E-state index in [2.05, 4.69) is 133 Å². The van der Waals surface area contributed by atoms with Crippen LogP contribution < -0.4 is 4.90 Å². The van der Waals surface area contributed by atoms with E-state index in [1.54, 1.807) is 5.56 Å². The first-order valence-corrected chi connectivity index (χ1v) is 20.5. The normalized spacial score (nSPS) is 25.9. The van der Waals surface area contributed by atoms with Crippen molar-refractivity contribution in [3.63, 3.8) is 0 Å². The van der Waals surface area contributed by atoms with Crippen LogP contribution in [0.3, 0.4) is 0 Å². The SMILES string of the molecule is Cn1c2ccccc2c2cc3c(cc21)-c1ccc(N(c2ccc(C4CCCCC4)cc2)c2ccc(C45CC6CC(CC(C6)C4)C5)cc2)cc1C3(C)C. The van der Waals surface area contributed by atoms with E-state index in [0.29, 0.717) is 11.3 Å². The summed E-state index contributed by atoms with van der Waals surface area (Å²) in [6.07, 6.45) is 15.5. The van der Waals surface area contributed by atoms with E-state index in [1.807, 2.05) is 0 Å². The summed E-state index contributed by atoms with van der Waals surface area (Å²) < 4.78 is 2.37. The molecular weight excluding hydrogens is 629 g/mol. The van der Waals surface area contributed by atoms with Crippen LogP contribution in [0, 0.1) is 17.8 Å². The van der Waals surface area contributed by atoms with Crippen molar-refractivity contribution in [2.24, 2.45) is 24.8 Å². The van der Waals surface area contributed by atoms with Gasteiger partial charge in [0.25, 0.3) is 0 Å². The van der Waals surface area contributed by atoms with Gasteiger partial charge in [0, 0.05) is 51.3 Å². The molecule has 52 heavy (non-hydrogen) atoms. The fourth-order valence-corrected chi connectivity index (χ4v) is 12.7. The lowest BCUT2D eigenvalue weighted by Crippen LogP contribution is -2.48. The summed E-state index contributed by atoms with van der Waals surface area (Å²) >= 11 is 0. The van der Waals surface area contributed by atoms with Crippen molar-refractivity contribution in [2.75, 3.05) is 4.90 Å². The average Bonchev–Trinajstić information content (AvgIpc) is 3.57. The Bertz CT molecular complexity index is 2310. The van der Waals surface area contributed by atoms with Gasteiger partial charge in [0.05, 0.1) is 0 Å². The zero-order chi connectivity index (χ0) is 34.8. The molecule has 1 aromatic heterocycles. The predicted octanol–water partition coefficient (Wildman–Crippen LogP) is 13.6. The summed E-state index contributed by atoms with van der Waals surface area (Å²) in [7, 11) is 2.22. The van der Waals surface area contributed by atoms with Crippen LogP contribution in [0.5, 0.6) is 0 Å². The van der Waals surface area contributed by atoms with Gasteiger partial charge in [-0.25, -0.2) is 0 Å². The van der Waals surface area contributed by atoms with Crippen molar-refractivity contribution >= 4 is 38.9 Å². The van der Waals surface area contributed by atoms with Gasteiger partial charge in [-0.05, 0) is 168 Å². The molecule has 0 N–H and O–H groups in total. The van der Waals surface area contributed by atoms with Crippen molar-refractivity contribution in [1.29, 1.82) is 0 Å². The van der Waals surface area contributed by atoms with Crippen molar-refractivity contribution in [3.05, 3.63) is 125 Å². The van der Waals surface area contributed by atoms with E-state index in [4.69, 9.17) is 0 Å². The number of benzene rings is 5. The molecule has 5 saturated carbocycles. The molecule has 0 atom stereocenters. The monoisotopic (exact) mass is 680 g/mol. The Labute approximate surface area is 309 Å². The average molecular weight is 681 g/mol. The van der Waals surface area contributed by atoms with E-state index in [0.717, 1.165) is 17.8 Å². The molecule has 0 spiro atoms. The first kappa shape index (κ1) is 31.2. The summed E-state index contributed by atoms with van der Waals surface area (Å²) in [6.45, 7) is 4.87. The quantitative estimate of drug-likeness (QED) is 0.176. The molecule has 6 aliphatic carbocycles. The predicted molar refractivity (Wildman–Crippen MR) is 218 cm³/mol. The lowest BCUT2D eigenvalue weighted by molar-refractivity contribution is -0.00518. The van der Waals surface area contributed by atoms with E-state index >= 15 is 0 Å². The molecule has 12 rings (SSSR count). The van der Waals surface area contributed by atoms with Crippen molar-refractivity contribution in [2.45, 2.75) is 101 Å². The molecule has 2 nitrogen and oxygen atoms in total. The van der Waals surface area contributed by atoms with Gasteiger partial charge in [-0.1, -0.05) is 81.6 Å². The fourth-order valence-electron chi connectivity index (χ4n) is 12.7. The minimum Gasteiger partial charge on any atom is -0.344 e. The zero-order valence-corrected chi connectivity index (χ0v) is 31.3. The van der Waals surface area contributed by atoms with Gasteiger partial charge in [0.2, 0.25) is 0 Å². The number of fused-ring (bicyclic) bond motifs is 6. The highest BCUT2D eigenvalue weighted by Crippen LogP contribution is 2.61. The Balaban J connectivity index is 1.01. The maximum absolute atomic E-state index is 2.54. The van der Waals surface area contributed by atoms with Gasteiger partial charge in [0.15, 0.2) is 0 Å². The summed E-state index contributed by atoms with van der Waals surface area (Å²) in [6, 6.07) is 40.8. The highest BCUT2D eigenvalue weighted by atomic mass is 15.1. The first-order valence-electron chi connectivity index (χ1n) is 20.5. The molecule has 0 saturated heterocycles. The molecule has 4 bridgehead atoms. The number of aromatic nitrogens is 1. The van der Waals surface area contributed by atoms with Crippen LogP contribution in [-0.4, -0.2) is 4.57 Å². The minimum absolute atomic E-state index is 0.106. The first-order chi connectivity index (χ1) is 25.3. The Hall–Kier alpha value is -4.30. The van der Waals surface area contributed by atoms with Crippen LogP contribution in [0.1, 0.15) is 113 Å². The second kappa shape index (κ2) is 11.3. The largest absolute Gasteiger partial charge is 0.344 e. The Morgan fingerprint density at radius 3 is 1.88 bits per heavy atom. The maximum Gasteiger partial charge on any atom is 0.0495 e. The van der Waals surface area contributed by atoms with Crippen LogP contribution in [-0.2, 0) is 17.9 Å². The molecule has 262 valence electrons. The number of rotatable bonds is 5. The summed E-state index contributed by atoms with van der Waals surface area (Å²) in [5.74, 6) is 3.59. The fraction of sp³-hybridized carbons (Fsp3) is 0.400. The summed E-state index contributed by atoms with van der Waals surface area (Å²) in [5, 5.41) is 2.70. The Kier molecular flexibility index (Phi) is 6.82. The zero-order valence-electron chi connectivity index (χ0n) is 31.3. The molecule has 5 fully saturated rings. The van der Waals surface area contributed by atoms with Crippen LogP contribution in [0.4, 0.5) is 17.1 Å². The van der Waals surface area contributed by atoms with Gasteiger partial charge < -0.3 is 9.47 Å². The standard InChI is InChI=1S/C50H52N2/c1-49(2)45-26-40(21-22-41(45)43-28-48-44(27-46(43)49)42-11-7-8-12-47(42)51(48)3)52(38-17-13-36(14-18-38)35-9-5-4-6-10-35)39-19-15-37(16-20-39)50-29-32-23-33(30-50)25-34(24-32)31-50/h7-8,11-22,26-28,32-35H,4-6,9-10,23-25,29-31H2,1-3H3. The Morgan fingerprint density at radius 1 is 0.577 bits per heavy atom. The number of aryl methyl sites for hydroxylation is 1. The van der Waals surface area contributed by atoms with Crippen molar-refractivity contribution < 1.29 is 0 Å². The highest BCUT2D eigenvalue weighted by Gasteiger charge is 2.51. The lowest BCUT2D eigenvalue weighted by Gasteiger charge is -2.57. The van der Waals surface area contributed by atoms with Gasteiger partial charge in [-0.15, -0.1) is 0 Å². The third-order valence-electron chi connectivity index (χ3n) is 15.0. The summed E-state index contributed by atoms with van der Waals surface area (Å²) in [4.78, 5) is 2.54. The maximum atomic E-state index is 2.54. The number of anilines is 3. The molecule has 0 aliphatic heterocycles. The number of hydrogen-bond donors (Lipinski definition) is 0. The highest BCUT2D eigenvalue weighted by molar-refractivity contribution is 6.10. The molecule has 0 unspecified atom stereocenters. The van der Waals surface area contributed by atoms with E-state index in [-0.39, 0.29) is 5.41 Å². The molecule has 2 heteroatoms. The third-order valence-corrected chi connectivity index (χ3v) is 15.0. The van der Waals surface area contributed by atoms with Crippen LogP contribution in [0.2, 0.25) is 0 Å². The molecule has 6 aromatic rings. The second-order valence-corrected chi connectivity index (χ2v) is 18.4. The van der Waals surface area contributed by atoms with Gasteiger partial charge in [-0.3, -0.25) is 0 Å².